The van der Waals surface area contributed by atoms with E-state index in [2.05, 4.69) is 0 Å². The van der Waals surface area contributed by atoms with Crippen LogP contribution in [0.2, 0.25) is 10.0 Å². The summed E-state index contributed by atoms with van der Waals surface area (Å²) in [4.78, 5) is 0. The Morgan fingerprint density at radius 1 is 1.25 bits per heavy atom. The summed E-state index contributed by atoms with van der Waals surface area (Å²) in [6, 6.07) is 3.01. The molecule has 0 amide bonds. The third-order valence-electron chi connectivity index (χ3n) is 2.79. The molecular weight excluding hydrogens is 323 g/mol. The summed E-state index contributed by atoms with van der Waals surface area (Å²) < 4.78 is 28.5. The van der Waals surface area contributed by atoms with Crippen molar-refractivity contribution < 1.29 is 18.3 Å². The number of hydrogen-bond acceptors (Lipinski definition) is 4. The number of rotatable bonds is 5. The normalized spacial score (nSPS) is 12.5. The smallest absolute Gasteiger partial charge is 0.158 e. The van der Waals surface area contributed by atoms with Crippen molar-refractivity contribution >= 4 is 33.0 Å². The minimum Gasteiger partial charge on any atom is -0.491 e. The topological polar surface area (TPSA) is 63.6 Å². The first-order chi connectivity index (χ1) is 9.08. The lowest BCUT2D eigenvalue weighted by Crippen LogP contribution is -2.32. The van der Waals surface area contributed by atoms with Gasteiger partial charge in [0.1, 0.15) is 12.4 Å². The fraction of sp³-hybridized carbons (Fsp3) is 0.538. The Balaban J connectivity index is 2.82. The van der Waals surface area contributed by atoms with Crippen LogP contribution in [0.1, 0.15) is 26.3 Å². The van der Waals surface area contributed by atoms with E-state index in [0.29, 0.717) is 10.6 Å². The Kier molecular flexibility index (Phi) is 5.72. The van der Waals surface area contributed by atoms with E-state index >= 15 is 0 Å². The van der Waals surface area contributed by atoms with Gasteiger partial charge in [-0.3, -0.25) is 0 Å². The van der Waals surface area contributed by atoms with Crippen LogP contribution in [-0.2, 0) is 16.4 Å². The van der Waals surface area contributed by atoms with Crippen molar-refractivity contribution in [1.82, 2.24) is 0 Å². The summed E-state index contributed by atoms with van der Waals surface area (Å²) in [6.07, 6.45) is 0. The van der Waals surface area contributed by atoms with E-state index in [1.54, 1.807) is 20.8 Å². The van der Waals surface area contributed by atoms with Crippen LogP contribution in [0.3, 0.4) is 0 Å². The van der Waals surface area contributed by atoms with E-state index < -0.39 is 14.6 Å². The third kappa shape index (κ3) is 4.25. The highest BCUT2D eigenvalue weighted by Gasteiger charge is 2.28. The molecule has 0 spiro atoms. The van der Waals surface area contributed by atoms with E-state index in [1.165, 1.54) is 12.1 Å². The standard InChI is InChI=1S/C13H18Cl2O4S/c1-13(2,3)20(17,18)5-4-19-12-9(8-16)6-10(14)7-11(12)15/h6-7,16H,4-5,8H2,1-3H3. The Morgan fingerprint density at radius 3 is 2.35 bits per heavy atom. The lowest BCUT2D eigenvalue weighted by Gasteiger charge is -2.19. The van der Waals surface area contributed by atoms with Crippen molar-refractivity contribution in [3.8, 4) is 5.75 Å². The van der Waals surface area contributed by atoms with Gasteiger partial charge in [-0.15, -0.1) is 0 Å². The summed E-state index contributed by atoms with van der Waals surface area (Å²) in [5.41, 5.74) is 0.427. The van der Waals surface area contributed by atoms with Crippen LogP contribution in [0.15, 0.2) is 12.1 Å². The molecule has 20 heavy (non-hydrogen) atoms. The zero-order valence-electron chi connectivity index (χ0n) is 11.6. The van der Waals surface area contributed by atoms with E-state index in [4.69, 9.17) is 27.9 Å². The van der Waals surface area contributed by atoms with Crippen molar-refractivity contribution in [2.45, 2.75) is 32.1 Å². The van der Waals surface area contributed by atoms with Gasteiger partial charge in [0.15, 0.2) is 9.84 Å². The van der Waals surface area contributed by atoms with Gasteiger partial charge in [0.05, 0.1) is 22.1 Å². The Hall–Kier alpha value is -0.490. The van der Waals surface area contributed by atoms with Crippen molar-refractivity contribution in [2.75, 3.05) is 12.4 Å². The Labute approximate surface area is 129 Å². The average molecular weight is 341 g/mol. The molecule has 1 aromatic rings. The molecule has 1 rings (SSSR count). The number of benzene rings is 1. The van der Waals surface area contributed by atoms with Crippen LogP contribution < -0.4 is 4.74 Å². The number of halogens is 2. The van der Waals surface area contributed by atoms with Gasteiger partial charge in [-0.05, 0) is 32.9 Å². The van der Waals surface area contributed by atoms with Gasteiger partial charge in [-0.25, -0.2) is 8.42 Å². The molecule has 1 N–H and O–H groups in total. The predicted octanol–water partition coefficient (Wildman–Crippen LogP) is 3.08. The fourth-order valence-electron chi connectivity index (χ4n) is 1.45. The van der Waals surface area contributed by atoms with Crippen molar-refractivity contribution in [1.29, 1.82) is 0 Å². The van der Waals surface area contributed by atoms with Gasteiger partial charge in [0.2, 0.25) is 0 Å². The highest BCUT2D eigenvalue weighted by Crippen LogP contribution is 2.32. The molecule has 0 bridgehead atoms. The highest BCUT2D eigenvalue weighted by atomic mass is 35.5. The molecule has 0 radical (unpaired) electrons. The zero-order valence-corrected chi connectivity index (χ0v) is 13.9. The van der Waals surface area contributed by atoms with Gasteiger partial charge < -0.3 is 9.84 Å². The molecule has 0 saturated carbocycles. The number of sulfone groups is 1. The number of hydrogen-bond donors (Lipinski definition) is 1. The zero-order chi connectivity index (χ0) is 15.6. The highest BCUT2D eigenvalue weighted by molar-refractivity contribution is 7.92. The summed E-state index contributed by atoms with van der Waals surface area (Å²) in [6.45, 7) is 4.58. The molecule has 4 nitrogen and oxygen atoms in total. The average Bonchev–Trinajstić information content (AvgIpc) is 2.29. The molecule has 0 aliphatic carbocycles. The van der Waals surface area contributed by atoms with Crippen LogP contribution in [-0.4, -0.2) is 30.6 Å². The van der Waals surface area contributed by atoms with Crippen molar-refractivity contribution in [3.63, 3.8) is 0 Å². The van der Waals surface area contributed by atoms with Crippen molar-refractivity contribution in [2.24, 2.45) is 0 Å². The molecule has 0 aliphatic rings. The first-order valence-corrected chi connectivity index (χ1v) is 8.43. The molecular formula is C13H18Cl2O4S. The molecule has 7 heteroatoms. The lowest BCUT2D eigenvalue weighted by atomic mass is 10.2. The first-order valence-electron chi connectivity index (χ1n) is 6.02. The van der Waals surface area contributed by atoms with Gasteiger partial charge in [0.25, 0.3) is 0 Å². The maximum atomic E-state index is 12.0. The summed E-state index contributed by atoms with van der Waals surface area (Å²) in [5.74, 6) is 0.142. The molecule has 0 unspecified atom stereocenters. The summed E-state index contributed by atoms with van der Waals surface area (Å²) in [5, 5.41) is 9.87. The monoisotopic (exact) mass is 340 g/mol. The molecule has 1 aromatic carbocycles. The lowest BCUT2D eigenvalue weighted by molar-refractivity contribution is 0.267. The molecule has 0 fully saturated rings. The molecule has 0 aliphatic heterocycles. The minimum absolute atomic E-state index is 0.0338. The van der Waals surface area contributed by atoms with Crippen LogP contribution >= 0.6 is 23.2 Å². The molecule has 0 heterocycles. The maximum Gasteiger partial charge on any atom is 0.158 e. The first kappa shape index (κ1) is 17.6. The number of aliphatic hydroxyl groups is 1. The van der Waals surface area contributed by atoms with Crippen LogP contribution in [0.25, 0.3) is 0 Å². The summed E-state index contributed by atoms with van der Waals surface area (Å²) in [7, 11) is -3.27. The number of aliphatic hydroxyl groups excluding tert-OH is 1. The predicted molar refractivity (Wildman–Crippen MR) is 81.4 cm³/mol. The van der Waals surface area contributed by atoms with Crippen LogP contribution in [0, 0.1) is 0 Å². The van der Waals surface area contributed by atoms with E-state index in [9.17, 15) is 13.5 Å². The second-order valence-corrected chi connectivity index (χ2v) is 9.02. The number of ether oxygens (including phenoxy) is 1. The Bertz CT molecular complexity index is 577. The van der Waals surface area contributed by atoms with E-state index in [-0.39, 0.29) is 29.7 Å². The quantitative estimate of drug-likeness (QED) is 0.894. The van der Waals surface area contributed by atoms with Crippen molar-refractivity contribution in [3.05, 3.63) is 27.7 Å². The second kappa shape index (κ2) is 6.52. The van der Waals surface area contributed by atoms with Crippen LogP contribution in [0.5, 0.6) is 5.75 Å². The molecule has 0 saturated heterocycles. The van der Waals surface area contributed by atoms with Crippen LogP contribution in [0.4, 0.5) is 0 Å². The third-order valence-corrected chi connectivity index (χ3v) is 5.86. The van der Waals surface area contributed by atoms with Gasteiger partial charge in [0, 0.05) is 10.6 Å². The van der Waals surface area contributed by atoms with Gasteiger partial charge >= 0.3 is 0 Å². The largest absolute Gasteiger partial charge is 0.491 e. The van der Waals surface area contributed by atoms with E-state index in [0.717, 1.165) is 0 Å². The van der Waals surface area contributed by atoms with Gasteiger partial charge in [-0.2, -0.15) is 0 Å². The maximum absolute atomic E-state index is 12.0. The minimum atomic E-state index is -3.27. The molecule has 0 aromatic heterocycles. The SMILES string of the molecule is CC(C)(C)S(=O)(=O)CCOc1c(Cl)cc(Cl)cc1CO. The second-order valence-electron chi connectivity index (χ2n) is 5.31. The Morgan fingerprint density at radius 2 is 1.85 bits per heavy atom. The van der Waals surface area contributed by atoms with E-state index in [1.807, 2.05) is 0 Å². The van der Waals surface area contributed by atoms with Gasteiger partial charge in [-0.1, -0.05) is 23.2 Å². The molecule has 114 valence electrons. The molecule has 0 atom stereocenters. The fourth-order valence-corrected chi connectivity index (χ4v) is 2.96. The summed E-state index contributed by atoms with van der Waals surface area (Å²) >= 11 is 11.8.